The summed E-state index contributed by atoms with van der Waals surface area (Å²) < 4.78 is 0. The highest BCUT2D eigenvalue weighted by Gasteiger charge is 2.19. The minimum atomic E-state index is 0.706. The molecule has 1 atom stereocenters. The molecule has 100 valence electrons. The molecule has 1 aliphatic heterocycles. The summed E-state index contributed by atoms with van der Waals surface area (Å²) in [6.45, 7) is 7.78. The van der Waals surface area contributed by atoms with Crippen molar-refractivity contribution < 1.29 is 0 Å². The maximum absolute atomic E-state index is 4.47. The van der Waals surface area contributed by atoms with E-state index >= 15 is 0 Å². The zero-order valence-electron chi connectivity index (χ0n) is 11.7. The number of nitrogens with zero attached hydrogens (tertiary/aromatic N) is 2. The molecular weight excluding hydrogens is 222 g/mol. The minimum Gasteiger partial charge on any atom is -0.370 e. The van der Waals surface area contributed by atoms with Gasteiger partial charge in [0.2, 0.25) is 0 Å². The molecule has 18 heavy (non-hydrogen) atoms. The first kappa shape index (κ1) is 13.3. The summed E-state index contributed by atoms with van der Waals surface area (Å²) in [6.07, 6.45) is 7.06. The zero-order chi connectivity index (χ0) is 12.8. The highest BCUT2D eigenvalue weighted by atomic mass is 15.2. The normalized spacial score (nSPS) is 20.9. The average molecular weight is 247 g/mol. The van der Waals surface area contributed by atoms with Gasteiger partial charge in [-0.3, -0.25) is 4.90 Å². The van der Waals surface area contributed by atoms with Crippen LogP contribution in [0.4, 0.5) is 5.82 Å². The van der Waals surface area contributed by atoms with Crippen molar-refractivity contribution in [1.82, 2.24) is 9.88 Å². The summed E-state index contributed by atoms with van der Waals surface area (Å²) in [4.78, 5) is 7.05. The van der Waals surface area contributed by atoms with E-state index in [2.05, 4.69) is 35.1 Å². The van der Waals surface area contributed by atoms with Gasteiger partial charge in [0.15, 0.2) is 0 Å². The van der Waals surface area contributed by atoms with Crippen molar-refractivity contribution in [1.29, 1.82) is 0 Å². The molecule has 2 heterocycles. The van der Waals surface area contributed by atoms with Gasteiger partial charge in [-0.25, -0.2) is 4.98 Å². The first-order valence-electron chi connectivity index (χ1n) is 7.23. The maximum atomic E-state index is 4.47. The molecule has 1 fully saturated rings. The Labute approximate surface area is 111 Å². The highest BCUT2D eigenvalue weighted by Crippen LogP contribution is 2.21. The van der Waals surface area contributed by atoms with E-state index in [9.17, 15) is 0 Å². The Hall–Kier alpha value is -1.09. The first-order chi connectivity index (χ1) is 8.81. The fraction of sp³-hybridized carbons (Fsp3) is 0.667. The topological polar surface area (TPSA) is 28.2 Å². The molecule has 0 amide bonds. The standard InChI is InChI=1S/C15H25N3/c1-3-9-16-15-14(8-6-10-17-15)12-18-11-5-4-7-13(18)2/h6,8,10,13H,3-5,7,9,11-12H2,1-2H3,(H,16,17). The molecule has 1 N–H and O–H groups in total. The van der Waals surface area contributed by atoms with Gasteiger partial charge < -0.3 is 5.32 Å². The van der Waals surface area contributed by atoms with E-state index in [1.807, 2.05) is 12.3 Å². The second kappa shape index (κ2) is 6.74. The second-order valence-electron chi connectivity index (χ2n) is 5.25. The fourth-order valence-electron chi connectivity index (χ4n) is 2.58. The van der Waals surface area contributed by atoms with Crippen LogP contribution in [-0.2, 0) is 6.54 Å². The predicted octanol–water partition coefficient (Wildman–Crippen LogP) is 3.28. The largest absolute Gasteiger partial charge is 0.370 e. The molecule has 1 saturated heterocycles. The van der Waals surface area contributed by atoms with Crippen molar-refractivity contribution in [3.63, 3.8) is 0 Å². The van der Waals surface area contributed by atoms with E-state index in [-0.39, 0.29) is 0 Å². The number of hydrogen-bond donors (Lipinski definition) is 1. The third-order valence-electron chi connectivity index (χ3n) is 3.75. The van der Waals surface area contributed by atoms with Gasteiger partial charge in [-0.15, -0.1) is 0 Å². The van der Waals surface area contributed by atoms with Crippen LogP contribution < -0.4 is 5.32 Å². The van der Waals surface area contributed by atoms with Gasteiger partial charge in [-0.2, -0.15) is 0 Å². The monoisotopic (exact) mass is 247 g/mol. The zero-order valence-corrected chi connectivity index (χ0v) is 11.7. The van der Waals surface area contributed by atoms with Crippen LogP contribution in [-0.4, -0.2) is 29.0 Å². The minimum absolute atomic E-state index is 0.706. The Balaban J connectivity index is 2.03. The summed E-state index contributed by atoms with van der Waals surface area (Å²) in [7, 11) is 0. The molecule has 0 radical (unpaired) electrons. The Morgan fingerprint density at radius 1 is 1.44 bits per heavy atom. The predicted molar refractivity (Wildman–Crippen MR) is 76.7 cm³/mol. The van der Waals surface area contributed by atoms with Crippen LogP contribution in [0.15, 0.2) is 18.3 Å². The highest BCUT2D eigenvalue weighted by molar-refractivity contribution is 5.43. The summed E-state index contributed by atoms with van der Waals surface area (Å²) in [5.41, 5.74) is 1.33. The molecule has 1 aromatic heterocycles. The van der Waals surface area contributed by atoms with Crippen LogP contribution >= 0.6 is 0 Å². The van der Waals surface area contributed by atoms with Gasteiger partial charge in [-0.05, 0) is 38.8 Å². The van der Waals surface area contributed by atoms with E-state index in [1.165, 1.54) is 31.4 Å². The van der Waals surface area contributed by atoms with Gasteiger partial charge in [0.25, 0.3) is 0 Å². The number of rotatable bonds is 5. The molecule has 0 saturated carbocycles. The quantitative estimate of drug-likeness (QED) is 0.865. The fourth-order valence-corrected chi connectivity index (χ4v) is 2.58. The lowest BCUT2D eigenvalue weighted by Gasteiger charge is -2.33. The van der Waals surface area contributed by atoms with Crippen LogP contribution in [0.3, 0.4) is 0 Å². The number of nitrogens with one attached hydrogen (secondary N) is 1. The molecule has 2 rings (SSSR count). The molecule has 3 nitrogen and oxygen atoms in total. The number of aromatic nitrogens is 1. The smallest absolute Gasteiger partial charge is 0.130 e. The van der Waals surface area contributed by atoms with Crippen molar-refractivity contribution in [2.75, 3.05) is 18.4 Å². The lowest BCUT2D eigenvalue weighted by Crippen LogP contribution is -2.37. The van der Waals surface area contributed by atoms with E-state index in [1.54, 1.807) is 0 Å². The van der Waals surface area contributed by atoms with Crippen molar-refractivity contribution in [3.8, 4) is 0 Å². The van der Waals surface area contributed by atoms with Crippen LogP contribution in [0, 0.1) is 0 Å². The Morgan fingerprint density at radius 3 is 3.11 bits per heavy atom. The van der Waals surface area contributed by atoms with Gasteiger partial charge in [-0.1, -0.05) is 19.4 Å². The third-order valence-corrected chi connectivity index (χ3v) is 3.75. The Morgan fingerprint density at radius 2 is 2.33 bits per heavy atom. The molecule has 1 unspecified atom stereocenters. The SMILES string of the molecule is CCCNc1ncccc1CN1CCCCC1C. The van der Waals surface area contributed by atoms with Gasteiger partial charge in [0, 0.05) is 30.9 Å². The third kappa shape index (κ3) is 3.45. The second-order valence-corrected chi connectivity index (χ2v) is 5.25. The van der Waals surface area contributed by atoms with Crippen molar-refractivity contribution >= 4 is 5.82 Å². The van der Waals surface area contributed by atoms with E-state index in [4.69, 9.17) is 0 Å². The molecule has 0 spiro atoms. The molecule has 0 bridgehead atoms. The molecule has 0 aromatic carbocycles. The lowest BCUT2D eigenvalue weighted by molar-refractivity contribution is 0.153. The first-order valence-corrected chi connectivity index (χ1v) is 7.23. The van der Waals surface area contributed by atoms with Crippen molar-refractivity contribution in [2.24, 2.45) is 0 Å². The molecular formula is C15H25N3. The Bertz CT molecular complexity index is 365. The Kier molecular flexibility index (Phi) is 5.00. The maximum Gasteiger partial charge on any atom is 0.130 e. The van der Waals surface area contributed by atoms with E-state index in [0.717, 1.165) is 25.3 Å². The van der Waals surface area contributed by atoms with Crippen molar-refractivity contribution in [2.45, 2.75) is 52.1 Å². The number of likely N-dealkylation sites (tertiary alicyclic amines) is 1. The van der Waals surface area contributed by atoms with Gasteiger partial charge >= 0.3 is 0 Å². The molecule has 3 heteroatoms. The number of piperidine rings is 1. The number of hydrogen-bond acceptors (Lipinski definition) is 3. The summed E-state index contributed by atoms with van der Waals surface area (Å²) in [5.74, 6) is 1.07. The lowest BCUT2D eigenvalue weighted by atomic mass is 10.0. The van der Waals surface area contributed by atoms with Crippen LogP contribution in [0.1, 0.15) is 45.1 Å². The van der Waals surface area contributed by atoms with Gasteiger partial charge in [0.05, 0.1) is 0 Å². The average Bonchev–Trinajstić information content (AvgIpc) is 2.40. The number of anilines is 1. The van der Waals surface area contributed by atoms with E-state index < -0.39 is 0 Å². The number of pyridine rings is 1. The summed E-state index contributed by atoms with van der Waals surface area (Å²) >= 11 is 0. The molecule has 1 aliphatic rings. The van der Waals surface area contributed by atoms with E-state index in [0.29, 0.717) is 6.04 Å². The van der Waals surface area contributed by atoms with Gasteiger partial charge in [0.1, 0.15) is 5.82 Å². The van der Waals surface area contributed by atoms with Crippen molar-refractivity contribution in [3.05, 3.63) is 23.9 Å². The summed E-state index contributed by atoms with van der Waals surface area (Å²) in [5, 5.41) is 3.43. The van der Waals surface area contributed by atoms with Crippen LogP contribution in [0.5, 0.6) is 0 Å². The van der Waals surface area contributed by atoms with Crippen LogP contribution in [0.2, 0.25) is 0 Å². The molecule has 1 aromatic rings. The summed E-state index contributed by atoms with van der Waals surface area (Å²) in [6, 6.07) is 4.95. The van der Waals surface area contributed by atoms with Crippen LogP contribution in [0.25, 0.3) is 0 Å². The molecule has 0 aliphatic carbocycles.